The van der Waals surface area contributed by atoms with Gasteiger partial charge in [-0.2, -0.15) is 0 Å². The second kappa shape index (κ2) is 14.3. The van der Waals surface area contributed by atoms with Crippen molar-refractivity contribution < 1.29 is 28.3 Å². The summed E-state index contributed by atoms with van der Waals surface area (Å²) in [6, 6.07) is 8.77. The normalized spacial score (nSPS) is 16.5. The third kappa shape index (κ3) is 7.98. The summed E-state index contributed by atoms with van der Waals surface area (Å²) < 4.78 is 11.3. The smallest absolute Gasteiger partial charge is 0.294 e. The second-order valence-corrected chi connectivity index (χ2v) is 11.3. The van der Waals surface area contributed by atoms with Crippen LogP contribution in [0.25, 0.3) is 11.0 Å². The summed E-state index contributed by atoms with van der Waals surface area (Å²) in [5.74, 6) is -0.916. The van der Waals surface area contributed by atoms with Gasteiger partial charge >= 0.3 is 0 Å². The number of nitrogens with zero attached hydrogens (tertiary/aromatic N) is 3. The number of benzene rings is 1. The monoisotopic (exact) mass is 591 g/mol. The number of ether oxygens (including phenoxy) is 1. The first kappa shape index (κ1) is 31.7. The van der Waals surface area contributed by atoms with Crippen LogP contribution in [0.2, 0.25) is 0 Å². The van der Waals surface area contributed by atoms with E-state index in [4.69, 9.17) is 9.15 Å². The number of fused-ring (bicyclic) bond motifs is 1. The highest BCUT2D eigenvalue weighted by Gasteiger charge is 2.32. The van der Waals surface area contributed by atoms with Gasteiger partial charge in [0.05, 0.1) is 13.0 Å². The number of nitrogens with one attached hydrogen (secondary N) is 2. The molecular weight excluding hydrogens is 550 g/mol. The molecule has 4 rings (SSSR count). The predicted octanol–water partition coefficient (Wildman–Crippen LogP) is 4.26. The van der Waals surface area contributed by atoms with Crippen molar-refractivity contribution in [3.63, 3.8) is 0 Å². The summed E-state index contributed by atoms with van der Waals surface area (Å²) in [5, 5.41) is 6.23. The van der Waals surface area contributed by atoms with Gasteiger partial charge in [-0.25, -0.2) is 4.98 Å². The van der Waals surface area contributed by atoms with Crippen molar-refractivity contribution in [1.29, 1.82) is 0 Å². The zero-order chi connectivity index (χ0) is 31.1. The van der Waals surface area contributed by atoms with Crippen LogP contribution in [0.3, 0.4) is 0 Å². The molecule has 2 aromatic heterocycles. The number of aromatic nitrogens is 1. The predicted molar refractivity (Wildman–Crippen MR) is 164 cm³/mol. The number of hydrogen-bond acceptors (Lipinski definition) is 7. The Morgan fingerprint density at radius 3 is 2.37 bits per heavy atom. The summed E-state index contributed by atoms with van der Waals surface area (Å²) in [5.41, 5.74) is 2.31. The maximum Gasteiger partial charge on any atom is 0.294 e. The minimum absolute atomic E-state index is 0.0560. The standard InChI is InChI=1S/C32H41N5O6/c1-6-42-16-15-37(5)27(38)18-21-8-13-25-24(17-21)28(29(43-25)31(40)34-26-14-7-20(2)19-33-26)35-30(39)22-9-11-23(12-10-22)32(41)36(3)4/h7-8,13-14,17,19,22-23H,6,9-12,15-16,18H2,1-5H3,(H,35,39)(H,33,34,40). The lowest BCUT2D eigenvalue weighted by atomic mass is 9.81. The van der Waals surface area contributed by atoms with E-state index in [1.165, 1.54) is 0 Å². The van der Waals surface area contributed by atoms with Gasteiger partial charge in [-0.1, -0.05) is 12.1 Å². The lowest BCUT2D eigenvalue weighted by Crippen LogP contribution is -2.35. The Kier molecular flexibility index (Phi) is 10.5. The summed E-state index contributed by atoms with van der Waals surface area (Å²) in [6.07, 6.45) is 4.15. The van der Waals surface area contributed by atoms with Gasteiger partial charge in [-0.3, -0.25) is 19.2 Å². The summed E-state index contributed by atoms with van der Waals surface area (Å²) in [6.45, 7) is 5.31. The molecule has 2 N–H and O–H groups in total. The first-order valence-electron chi connectivity index (χ1n) is 14.7. The van der Waals surface area contributed by atoms with Crippen molar-refractivity contribution in [1.82, 2.24) is 14.8 Å². The average Bonchev–Trinajstić information content (AvgIpc) is 3.35. The van der Waals surface area contributed by atoms with E-state index in [9.17, 15) is 19.2 Å². The van der Waals surface area contributed by atoms with Gasteiger partial charge in [-0.05, 0) is 68.9 Å². The molecule has 3 aromatic rings. The first-order chi connectivity index (χ1) is 20.6. The van der Waals surface area contributed by atoms with Crippen molar-refractivity contribution in [3.8, 4) is 0 Å². The van der Waals surface area contributed by atoms with Crippen LogP contribution in [0, 0.1) is 18.8 Å². The fraction of sp³-hybridized carbons (Fsp3) is 0.469. The molecule has 2 heterocycles. The van der Waals surface area contributed by atoms with Gasteiger partial charge in [0.1, 0.15) is 17.1 Å². The SMILES string of the molecule is CCOCCN(C)C(=O)Cc1ccc2oc(C(=O)Nc3ccc(C)cn3)c(NC(=O)C3CCC(C(=O)N(C)C)CC3)c2c1. The molecule has 1 fully saturated rings. The summed E-state index contributed by atoms with van der Waals surface area (Å²) in [4.78, 5) is 59.6. The largest absolute Gasteiger partial charge is 0.449 e. The van der Waals surface area contributed by atoms with Gasteiger partial charge in [0.2, 0.25) is 23.5 Å². The highest BCUT2D eigenvalue weighted by Crippen LogP contribution is 2.35. The van der Waals surface area contributed by atoms with Crippen molar-refractivity contribution in [2.24, 2.45) is 11.8 Å². The van der Waals surface area contributed by atoms with E-state index < -0.39 is 5.91 Å². The van der Waals surface area contributed by atoms with Crippen molar-refractivity contribution in [2.45, 2.75) is 46.0 Å². The molecule has 43 heavy (non-hydrogen) atoms. The fourth-order valence-corrected chi connectivity index (χ4v) is 5.23. The molecule has 0 saturated heterocycles. The minimum atomic E-state index is -0.559. The Morgan fingerprint density at radius 2 is 1.72 bits per heavy atom. The van der Waals surface area contributed by atoms with Crippen LogP contribution in [-0.4, -0.2) is 79.3 Å². The van der Waals surface area contributed by atoms with E-state index >= 15 is 0 Å². The zero-order valence-electron chi connectivity index (χ0n) is 25.6. The number of amides is 4. The van der Waals surface area contributed by atoms with E-state index in [1.54, 1.807) is 61.4 Å². The third-order valence-electron chi connectivity index (χ3n) is 7.80. The molecular formula is C32H41N5O6. The molecule has 0 radical (unpaired) electrons. The van der Waals surface area contributed by atoms with Crippen molar-refractivity contribution in [2.75, 3.05) is 51.5 Å². The van der Waals surface area contributed by atoms with E-state index in [0.29, 0.717) is 67.8 Å². The van der Waals surface area contributed by atoms with Gasteiger partial charge in [-0.15, -0.1) is 0 Å². The Morgan fingerprint density at radius 1 is 1.00 bits per heavy atom. The molecule has 0 unspecified atom stereocenters. The van der Waals surface area contributed by atoms with Crippen LogP contribution in [0.4, 0.5) is 11.5 Å². The maximum atomic E-state index is 13.5. The minimum Gasteiger partial charge on any atom is -0.449 e. The Balaban J connectivity index is 1.58. The molecule has 11 nitrogen and oxygen atoms in total. The van der Waals surface area contributed by atoms with Crippen molar-refractivity contribution in [3.05, 3.63) is 53.4 Å². The van der Waals surface area contributed by atoms with Crippen LogP contribution >= 0.6 is 0 Å². The van der Waals surface area contributed by atoms with Crippen molar-refractivity contribution >= 4 is 46.1 Å². The number of carbonyl (C=O) groups excluding carboxylic acids is 4. The quantitative estimate of drug-likeness (QED) is 0.318. The Labute approximate surface area is 251 Å². The lowest BCUT2D eigenvalue weighted by molar-refractivity contribution is -0.135. The number of carbonyl (C=O) groups is 4. The van der Waals surface area contributed by atoms with E-state index in [-0.39, 0.29) is 47.4 Å². The number of hydrogen-bond donors (Lipinski definition) is 2. The number of aryl methyl sites for hydroxylation is 1. The second-order valence-electron chi connectivity index (χ2n) is 11.3. The molecule has 1 saturated carbocycles. The maximum absolute atomic E-state index is 13.5. The van der Waals surface area contributed by atoms with Gasteiger partial charge < -0.3 is 29.6 Å². The summed E-state index contributed by atoms with van der Waals surface area (Å²) in [7, 11) is 5.21. The number of pyridine rings is 1. The lowest BCUT2D eigenvalue weighted by Gasteiger charge is -2.28. The number of likely N-dealkylation sites (N-methyl/N-ethyl adjacent to an activating group) is 1. The highest BCUT2D eigenvalue weighted by molar-refractivity contribution is 6.14. The fourth-order valence-electron chi connectivity index (χ4n) is 5.23. The number of furan rings is 1. The topological polar surface area (TPSA) is 134 Å². The molecule has 0 atom stereocenters. The van der Waals surface area contributed by atoms with Crippen LogP contribution in [0.1, 0.15) is 54.3 Å². The van der Waals surface area contributed by atoms with Crippen LogP contribution in [-0.2, 0) is 25.5 Å². The van der Waals surface area contributed by atoms with E-state index in [0.717, 1.165) is 5.56 Å². The molecule has 1 aromatic carbocycles. The van der Waals surface area contributed by atoms with Crippen LogP contribution < -0.4 is 10.6 Å². The van der Waals surface area contributed by atoms with E-state index in [1.807, 2.05) is 19.9 Å². The van der Waals surface area contributed by atoms with E-state index in [2.05, 4.69) is 15.6 Å². The molecule has 0 bridgehead atoms. The first-order valence-corrected chi connectivity index (χ1v) is 14.7. The van der Waals surface area contributed by atoms with Gasteiger partial charge in [0.15, 0.2) is 0 Å². The Bertz CT molecular complexity index is 1460. The third-order valence-corrected chi connectivity index (χ3v) is 7.80. The molecule has 4 amide bonds. The number of rotatable bonds is 11. The highest BCUT2D eigenvalue weighted by atomic mass is 16.5. The molecule has 1 aliphatic rings. The van der Waals surface area contributed by atoms with Crippen LogP contribution in [0.15, 0.2) is 40.9 Å². The molecule has 0 spiro atoms. The average molecular weight is 592 g/mol. The molecule has 1 aliphatic carbocycles. The van der Waals surface area contributed by atoms with Crippen LogP contribution in [0.5, 0.6) is 0 Å². The molecule has 0 aliphatic heterocycles. The summed E-state index contributed by atoms with van der Waals surface area (Å²) >= 11 is 0. The van der Waals surface area contributed by atoms with Gasteiger partial charge in [0.25, 0.3) is 5.91 Å². The van der Waals surface area contributed by atoms with Gasteiger partial charge in [0, 0.05) is 57.7 Å². The Hall–Kier alpha value is -4.25. The molecule has 11 heteroatoms. The zero-order valence-corrected chi connectivity index (χ0v) is 25.6. The molecule has 230 valence electrons. The number of anilines is 2.